The lowest BCUT2D eigenvalue weighted by atomic mass is 9.81. The Hall–Kier alpha value is -1.61. The molecule has 0 aromatic carbocycles. The highest BCUT2D eigenvalue weighted by Crippen LogP contribution is 2.38. The summed E-state index contributed by atoms with van der Waals surface area (Å²) in [5.41, 5.74) is 4.22. The number of fused-ring (bicyclic) bond motifs is 1. The molecule has 1 saturated carbocycles. The first-order chi connectivity index (χ1) is 15.2. The zero-order valence-corrected chi connectivity index (χ0v) is 19.7. The van der Waals surface area contributed by atoms with Gasteiger partial charge in [0.25, 0.3) is 5.19 Å². The fourth-order valence-corrected chi connectivity index (χ4v) is 6.01. The van der Waals surface area contributed by atoms with E-state index in [1.54, 1.807) is 3.97 Å². The Morgan fingerprint density at radius 2 is 2.10 bits per heavy atom. The Balaban J connectivity index is 1.35. The largest absolute Gasteiger partial charge is 0.470 e. The van der Waals surface area contributed by atoms with E-state index in [2.05, 4.69) is 40.3 Å². The fraction of sp³-hybridized carbons (Fsp3) is 0.565. The summed E-state index contributed by atoms with van der Waals surface area (Å²) in [5, 5.41) is 3.88. The number of rotatable bonds is 5. The van der Waals surface area contributed by atoms with Gasteiger partial charge in [-0.2, -0.15) is 0 Å². The van der Waals surface area contributed by atoms with Gasteiger partial charge in [0.15, 0.2) is 0 Å². The molecule has 0 atom stereocenters. The van der Waals surface area contributed by atoms with Crippen LogP contribution in [-0.4, -0.2) is 57.8 Å². The molecule has 2 fully saturated rings. The molecule has 8 heteroatoms. The van der Waals surface area contributed by atoms with Crippen molar-refractivity contribution in [3.8, 4) is 16.5 Å². The van der Waals surface area contributed by atoms with E-state index in [1.807, 2.05) is 13.1 Å². The SMILES string of the molecule is CCOc1nc(-c2cn(S)c3ncc([C@H]4CC[C@H](N5CCCOCC5)CC4)cc23)cs1. The van der Waals surface area contributed by atoms with Gasteiger partial charge in [-0.05, 0) is 56.6 Å². The van der Waals surface area contributed by atoms with Crippen LogP contribution in [0.3, 0.4) is 0 Å². The van der Waals surface area contributed by atoms with Gasteiger partial charge < -0.3 is 9.47 Å². The molecule has 1 saturated heterocycles. The number of aromatic nitrogens is 3. The summed E-state index contributed by atoms with van der Waals surface area (Å²) in [6.07, 6.45) is 10.2. The molecule has 1 aliphatic heterocycles. The van der Waals surface area contributed by atoms with E-state index >= 15 is 0 Å². The maximum absolute atomic E-state index is 5.64. The van der Waals surface area contributed by atoms with E-state index in [4.69, 9.17) is 14.5 Å². The van der Waals surface area contributed by atoms with Gasteiger partial charge in [0.2, 0.25) is 0 Å². The molecular weight excluding hydrogens is 428 g/mol. The minimum Gasteiger partial charge on any atom is -0.470 e. The lowest BCUT2D eigenvalue weighted by Crippen LogP contribution is -2.39. The van der Waals surface area contributed by atoms with Crippen molar-refractivity contribution in [2.24, 2.45) is 0 Å². The topological polar surface area (TPSA) is 52.4 Å². The van der Waals surface area contributed by atoms with Gasteiger partial charge in [-0.3, -0.25) is 8.87 Å². The first kappa shape index (κ1) is 21.2. The van der Waals surface area contributed by atoms with Crippen molar-refractivity contribution in [3.63, 3.8) is 0 Å². The molecule has 31 heavy (non-hydrogen) atoms. The number of thiol groups is 1. The molecule has 166 valence electrons. The van der Waals surface area contributed by atoms with Gasteiger partial charge >= 0.3 is 0 Å². The average molecular weight is 459 g/mol. The van der Waals surface area contributed by atoms with Crippen LogP contribution in [0.1, 0.15) is 50.5 Å². The van der Waals surface area contributed by atoms with E-state index in [0.29, 0.717) is 23.8 Å². The van der Waals surface area contributed by atoms with Gasteiger partial charge in [0, 0.05) is 54.5 Å². The van der Waals surface area contributed by atoms with E-state index in [-0.39, 0.29) is 0 Å². The molecule has 4 heterocycles. The number of nitrogens with zero attached hydrogens (tertiary/aromatic N) is 4. The highest BCUT2D eigenvalue weighted by molar-refractivity contribution is 7.78. The Morgan fingerprint density at radius 3 is 2.94 bits per heavy atom. The second-order valence-corrected chi connectivity index (χ2v) is 9.72. The Bertz CT molecular complexity index is 1020. The van der Waals surface area contributed by atoms with Crippen molar-refractivity contribution in [1.82, 2.24) is 18.8 Å². The van der Waals surface area contributed by atoms with Gasteiger partial charge in [-0.1, -0.05) is 24.2 Å². The second kappa shape index (κ2) is 9.48. The first-order valence-electron chi connectivity index (χ1n) is 11.3. The summed E-state index contributed by atoms with van der Waals surface area (Å²) >= 11 is 6.13. The number of thiazole rings is 1. The van der Waals surface area contributed by atoms with Crippen LogP contribution in [0.15, 0.2) is 23.8 Å². The molecule has 2 aliphatic rings. The summed E-state index contributed by atoms with van der Waals surface area (Å²) in [5.74, 6) is 0.571. The predicted octanol–water partition coefficient (Wildman–Crippen LogP) is 5.00. The van der Waals surface area contributed by atoms with Crippen molar-refractivity contribution < 1.29 is 9.47 Å². The quantitative estimate of drug-likeness (QED) is 0.545. The molecule has 6 nitrogen and oxygen atoms in total. The molecule has 0 amide bonds. The average Bonchev–Trinajstić information content (AvgIpc) is 3.27. The fourth-order valence-electron chi connectivity index (χ4n) is 5.01. The van der Waals surface area contributed by atoms with E-state index in [0.717, 1.165) is 48.5 Å². The maximum Gasteiger partial charge on any atom is 0.273 e. The number of hydrogen-bond donors (Lipinski definition) is 1. The molecule has 1 aliphatic carbocycles. The molecule has 5 rings (SSSR count). The summed E-state index contributed by atoms with van der Waals surface area (Å²) in [6, 6.07) is 3.02. The Labute approximate surface area is 193 Å². The van der Waals surface area contributed by atoms with Crippen LogP contribution >= 0.6 is 24.2 Å². The van der Waals surface area contributed by atoms with Crippen molar-refractivity contribution in [3.05, 3.63) is 29.4 Å². The third-order valence-electron chi connectivity index (χ3n) is 6.61. The number of hydrogen-bond acceptors (Lipinski definition) is 7. The van der Waals surface area contributed by atoms with Gasteiger partial charge in [-0.25, -0.2) is 9.97 Å². The van der Waals surface area contributed by atoms with Crippen LogP contribution in [-0.2, 0) is 4.74 Å². The minimum absolute atomic E-state index is 0.571. The van der Waals surface area contributed by atoms with E-state index < -0.39 is 0 Å². The van der Waals surface area contributed by atoms with Crippen molar-refractivity contribution in [1.29, 1.82) is 0 Å². The number of pyridine rings is 1. The predicted molar refractivity (Wildman–Crippen MR) is 128 cm³/mol. The normalized spacial score (nSPS) is 23.2. The van der Waals surface area contributed by atoms with Gasteiger partial charge in [0.05, 0.1) is 18.9 Å². The molecule has 0 N–H and O–H groups in total. The van der Waals surface area contributed by atoms with Crippen molar-refractivity contribution in [2.75, 3.05) is 32.9 Å². The third kappa shape index (κ3) is 4.49. The van der Waals surface area contributed by atoms with Crippen LogP contribution in [0.2, 0.25) is 0 Å². The van der Waals surface area contributed by atoms with Crippen LogP contribution in [0.25, 0.3) is 22.3 Å². The van der Waals surface area contributed by atoms with Crippen LogP contribution in [0.5, 0.6) is 5.19 Å². The number of ether oxygens (including phenoxy) is 2. The molecule has 3 aromatic heterocycles. The standard InChI is InChI=1S/C23H30N4O2S2/c1-2-29-23-25-21(15-31-23)20-14-27(30)22-19(20)12-17(13-24-22)16-4-6-18(7-5-16)26-8-3-10-28-11-9-26/h12-16,18,30H,2-11H2,1H3/t16-,18-. The molecular formula is C23H30N4O2S2. The minimum atomic E-state index is 0.571. The maximum atomic E-state index is 5.64. The molecule has 0 bridgehead atoms. The van der Waals surface area contributed by atoms with Crippen LogP contribution in [0.4, 0.5) is 0 Å². The highest BCUT2D eigenvalue weighted by atomic mass is 32.1. The Kier molecular flexibility index (Phi) is 6.50. The lowest BCUT2D eigenvalue weighted by molar-refractivity contribution is 0.118. The Morgan fingerprint density at radius 1 is 1.23 bits per heavy atom. The molecule has 0 spiro atoms. The summed E-state index contributed by atoms with van der Waals surface area (Å²) < 4.78 is 13.0. The van der Waals surface area contributed by atoms with Gasteiger partial charge in [-0.15, -0.1) is 0 Å². The molecule has 3 aromatic rings. The zero-order chi connectivity index (χ0) is 21.2. The summed E-state index contributed by atoms with van der Waals surface area (Å²) in [6.45, 7) is 6.66. The zero-order valence-electron chi connectivity index (χ0n) is 18.0. The smallest absolute Gasteiger partial charge is 0.273 e. The van der Waals surface area contributed by atoms with Crippen LogP contribution < -0.4 is 4.74 Å². The summed E-state index contributed by atoms with van der Waals surface area (Å²) in [7, 11) is 0. The first-order valence-corrected chi connectivity index (χ1v) is 12.6. The van der Waals surface area contributed by atoms with Crippen LogP contribution in [0, 0.1) is 0 Å². The third-order valence-corrected chi connectivity index (χ3v) is 7.67. The van der Waals surface area contributed by atoms with E-state index in [1.165, 1.54) is 49.1 Å². The van der Waals surface area contributed by atoms with Gasteiger partial charge in [0.1, 0.15) is 5.65 Å². The lowest BCUT2D eigenvalue weighted by Gasteiger charge is -2.36. The molecule has 0 unspecified atom stereocenters. The molecule has 0 radical (unpaired) electrons. The van der Waals surface area contributed by atoms with E-state index in [9.17, 15) is 0 Å². The highest BCUT2D eigenvalue weighted by Gasteiger charge is 2.28. The second-order valence-electron chi connectivity index (χ2n) is 8.47. The monoisotopic (exact) mass is 458 g/mol. The summed E-state index contributed by atoms with van der Waals surface area (Å²) in [4.78, 5) is 12.1. The van der Waals surface area contributed by atoms with Crippen molar-refractivity contribution >= 4 is 35.2 Å². The van der Waals surface area contributed by atoms with Crippen molar-refractivity contribution in [2.45, 2.75) is 51.0 Å².